The Morgan fingerprint density at radius 1 is 1.03 bits per heavy atom. The van der Waals surface area contributed by atoms with Crippen LogP contribution in [0.2, 0.25) is 0 Å². The molecule has 2 heterocycles. The summed E-state index contributed by atoms with van der Waals surface area (Å²) >= 11 is 0. The third-order valence-electron chi connectivity index (χ3n) is 5.51. The molecule has 1 aromatic heterocycles. The van der Waals surface area contributed by atoms with Crippen LogP contribution in [0.3, 0.4) is 0 Å². The molecule has 2 amide bonds. The van der Waals surface area contributed by atoms with Gasteiger partial charge in [0, 0.05) is 42.5 Å². The lowest BCUT2D eigenvalue weighted by Gasteiger charge is -2.33. The third kappa shape index (κ3) is 4.38. The van der Waals surface area contributed by atoms with Crippen LogP contribution in [0, 0.1) is 0 Å². The zero-order valence-corrected chi connectivity index (χ0v) is 16.7. The fraction of sp³-hybridized carbons (Fsp3) is 0.250. The number of carbonyl (C=O) groups excluding carboxylic acids is 2. The van der Waals surface area contributed by atoms with E-state index in [1.165, 1.54) is 0 Å². The van der Waals surface area contributed by atoms with E-state index in [1.807, 2.05) is 41.3 Å². The van der Waals surface area contributed by atoms with Gasteiger partial charge in [-0.1, -0.05) is 42.5 Å². The minimum absolute atomic E-state index is 0.0967. The van der Waals surface area contributed by atoms with Crippen LogP contribution in [-0.4, -0.2) is 39.8 Å². The lowest BCUT2D eigenvalue weighted by Crippen LogP contribution is -2.40. The van der Waals surface area contributed by atoms with Gasteiger partial charge >= 0.3 is 0 Å². The second kappa shape index (κ2) is 8.86. The number of piperidine rings is 1. The van der Waals surface area contributed by atoms with Crippen LogP contribution in [0.15, 0.2) is 67.0 Å². The molecule has 0 radical (unpaired) electrons. The molecule has 2 N–H and O–H groups in total. The topological polar surface area (TPSA) is 89.2 Å². The van der Waals surface area contributed by atoms with Crippen molar-refractivity contribution >= 4 is 11.8 Å². The minimum Gasteiger partial charge on any atom is -0.366 e. The maximum atomic E-state index is 12.9. The summed E-state index contributed by atoms with van der Waals surface area (Å²) in [5.74, 6) is -0.246. The van der Waals surface area contributed by atoms with Gasteiger partial charge in [-0.05, 0) is 30.5 Å². The van der Waals surface area contributed by atoms with E-state index >= 15 is 0 Å². The van der Waals surface area contributed by atoms with E-state index in [2.05, 4.69) is 9.97 Å². The molecule has 0 aliphatic carbocycles. The SMILES string of the molecule is NC(=O)c1cccc(-c2nccnc2[C@H]2CCCN(C(=O)Cc3ccccc3)C2)c1. The summed E-state index contributed by atoms with van der Waals surface area (Å²) in [7, 11) is 0. The molecule has 1 fully saturated rings. The van der Waals surface area contributed by atoms with Gasteiger partial charge in [0.2, 0.25) is 11.8 Å². The predicted octanol–water partition coefficient (Wildman–Crippen LogP) is 3.19. The standard InChI is InChI=1S/C24H24N4O2/c25-24(30)19-9-4-8-18(15-19)22-23(27-12-11-26-22)20-10-5-13-28(16-20)21(29)14-17-6-2-1-3-7-17/h1-4,6-9,11-12,15,20H,5,10,13-14,16H2,(H2,25,30)/t20-/m0/s1. The number of hydrogen-bond donors (Lipinski definition) is 1. The maximum Gasteiger partial charge on any atom is 0.248 e. The zero-order valence-electron chi connectivity index (χ0n) is 16.7. The molecule has 2 aromatic carbocycles. The highest BCUT2D eigenvalue weighted by Crippen LogP contribution is 2.32. The van der Waals surface area contributed by atoms with Gasteiger partial charge in [-0.3, -0.25) is 19.6 Å². The Balaban J connectivity index is 1.56. The summed E-state index contributed by atoms with van der Waals surface area (Å²) in [5.41, 5.74) is 9.30. The smallest absolute Gasteiger partial charge is 0.248 e. The molecule has 0 spiro atoms. The highest BCUT2D eigenvalue weighted by molar-refractivity contribution is 5.94. The summed E-state index contributed by atoms with van der Waals surface area (Å²) in [5, 5.41) is 0. The first-order valence-corrected chi connectivity index (χ1v) is 10.1. The van der Waals surface area contributed by atoms with Gasteiger partial charge in [-0.2, -0.15) is 0 Å². The number of likely N-dealkylation sites (tertiary alicyclic amines) is 1. The molecule has 30 heavy (non-hydrogen) atoms. The molecule has 4 rings (SSSR count). The number of rotatable bonds is 5. The van der Waals surface area contributed by atoms with Crippen molar-refractivity contribution in [1.82, 2.24) is 14.9 Å². The fourth-order valence-corrected chi connectivity index (χ4v) is 4.00. The van der Waals surface area contributed by atoms with Gasteiger partial charge in [0.25, 0.3) is 0 Å². The van der Waals surface area contributed by atoms with E-state index in [1.54, 1.807) is 30.6 Å². The summed E-state index contributed by atoms with van der Waals surface area (Å²) in [6, 6.07) is 16.9. The van der Waals surface area contributed by atoms with Gasteiger partial charge in [0.05, 0.1) is 17.8 Å². The monoisotopic (exact) mass is 400 g/mol. The summed E-state index contributed by atoms with van der Waals surface area (Å²) < 4.78 is 0. The molecule has 1 aliphatic heterocycles. The van der Waals surface area contributed by atoms with Gasteiger partial charge in [0.15, 0.2) is 0 Å². The molecule has 1 atom stereocenters. The van der Waals surface area contributed by atoms with Crippen molar-refractivity contribution in [1.29, 1.82) is 0 Å². The number of carbonyl (C=O) groups is 2. The number of aromatic nitrogens is 2. The van der Waals surface area contributed by atoms with E-state index in [9.17, 15) is 9.59 Å². The molecule has 1 saturated heterocycles. The molecule has 6 heteroatoms. The Kier molecular flexibility index (Phi) is 5.84. The first-order valence-electron chi connectivity index (χ1n) is 10.1. The van der Waals surface area contributed by atoms with Crippen LogP contribution < -0.4 is 5.73 Å². The Labute approximate surface area is 175 Å². The van der Waals surface area contributed by atoms with Crippen molar-refractivity contribution < 1.29 is 9.59 Å². The van der Waals surface area contributed by atoms with Crippen LogP contribution in [0.25, 0.3) is 11.3 Å². The maximum absolute atomic E-state index is 12.9. The summed E-state index contributed by atoms with van der Waals surface area (Å²) in [6.07, 6.45) is 5.60. The van der Waals surface area contributed by atoms with Crippen molar-refractivity contribution in [2.45, 2.75) is 25.2 Å². The highest BCUT2D eigenvalue weighted by Gasteiger charge is 2.28. The first kappa shape index (κ1) is 19.8. The molecule has 152 valence electrons. The molecule has 0 unspecified atom stereocenters. The largest absolute Gasteiger partial charge is 0.366 e. The van der Waals surface area contributed by atoms with E-state index in [0.29, 0.717) is 18.5 Å². The average Bonchev–Trinajstić information content (AvgIpc) is 2.80. The minimum atomic E-state index is -0.474. The van der Waals surface area contributed by atoms with Gasteiger partial charge < -0.3 is 10.6 Å². The zero-order chi connectivity index (χ0) is 20.9. The Hall–Kier alpha value is -3.54. The second-order valence-electron chi connectivity index (χ2n) is 7.58. The Morgan fingerprint density at radius 2 is 1.83 bits per heavy atom. The number of benzene rings is 2. The van der Waals surface area contributed by atoms with E-state index in [0.717, 1.165) is 41.9 Å². The second-order valence-corrected chi connectivity index (χ2v) is 7.58. The first-order chi connectivity index (χ1) is 14.6. The lowest BCUT2D eigenvalue weighted by molar-refractivity contribution is -0.131. The van der Waals surface area contributed by atoms with E-state index in [4.69, 9.17) is 5.73 Å². The van der Waals surface area contributed by atoms with Crippen molar-refractivity contribution in [2.24, 2.45) is 5.73 Å². The van der Waals surface area contributed by atoms with Crippen LogP contribution in [0.5, 0.6) is 0 Å². The Bertz CT molecular complexity index is 1050. The lowest BCUT2D eigenvalue weighted by atomic mass is 9.91. The van der Waals surface area contributed by atoms with Gasteiger partial charge in [-0.15, -0.1) is 0 Å². The fourth-order valence-electron chi connectivity index (χ4n) is 4.00. The van der Waals surface area contributed by atoms with E-state index < -0.39 is 5.91 Å². The van der Waals surface area contributed by atoms with Crippen LogP contribution in [0.1, 0.15) is 40.4 Å². The number of nitrogens with zero attached hydrogens (tertiary/aromatic N) is 3. The molecule has 0 bridgehead atoms. The molecular formula is C24H24N4O2. The molecule has 0 saturated carbocycles. The van der Waals surface area contributed by atoms with Crippen LogP contribution in [0.4, 0.5) is 0 Å². The van der Waals surface area contributed by atoms with Crippen molar-refractivity contribution in [2.75, 3.05) is 13.1 Å². The molecular weight excluding hydrogens is 376 g/mol. The number of hydrogen-bond acceptors (Lipinski definition) is 4. The van der Waals surface area contributed by atoms with Gasteiger partial charge in [-0.25, -0.2) is 0 Å². The van der Waals surface area contributed by atoms with Crippen LogP contribution in [-0.2, 0) is 11.2 Å². The van der Waals surface area contributed by atoms with Crippen LogP contribution >= 0.6 is 0 Å². The van der Waals surface area contributed by atoms with Crippen molar-refractivity contribution in [3.8, 4) is 11.3 Å². The highest BCUT2D eigenvalue weighted by atomic mass is 16.2. The number of nitrogens with two attached hydrogens (primary N) is 1. The van der Waals surface area contributed by atoms with Crippen molar-refractivity contribution in [3.05, 3.63) is 83.8 Å². The molecule has 3 aromatic rings. The predicted molar refractivity (Wildman–Crippen MR) is 115 cm³/mol. The Morgan fingerprint density at radius 3 is 2.63 bits per heavy atom. The van der Waals surface area contributed by atoms with Crippen molar-refractivity contribution in [3.63, 3.8) is 0 Å². The normalized spacial score (nSPS) is 16.3. The summed E-state index contributed by atoms with van der Waals surface area (Å²) in [6.45, 7) is 1.38. The third-order valence-corrected chi connectivity index (χ3v) is 5.51. The average molecular weight is 400 g/mol. The van der Waals surface area contributed by atoms with Gasteiger partial charge in [0.1, 0.15) is 0 Å². The molecule has 6 nitrogen and oxygen atoms in total. The molecule has 1 aliphatic rings. The number of primary amides is 1. The summed E-state index contributed by atoms with van der Waals surface area (Å²) in [4.78, 5) is 35.5. The van der Waals surface area contributed by atoms with E-state index in [-0.39, 0.29) is 11.8 Å². The quantitative estimate of drug-likeness (QED) is 0.712. The number of amides is 2.